The Labute approximate surface area is 127 Å². The summed E-state index contributed by atoms with van der Waals surface area (Å²) in [4.78, 5) is 0. The van der Waals surface area contributed by atoms with Crippen LogP contribution in [0.3, 0.4) is 0 Å². The van der Waals surface area contributed by atoms with Crippen LogP contribution in [0.15, 0.2) is 39.9 Å². The fraction of sp³-hybridized carbons (Fsp3) is 0.375. The van der Waals surface area contributed by atoms with Crippen LogP contribution in [0.25, 0.3) is 0 Å². The van der Waals surface area contributed by atoms with Crippen LogP contribution in [-0.4, -0.2) is 5.25 Å². The predicted molar refractivity (Wildman–Crippen MR) is 84.9 cm³/mol. The molecule has 0 aliphatic carbocycles. The van der Waals surface area contributed by atoms with Crippen molar-refractivity contribution in [2.24, 2.45) is 0 Å². The molecule has 1 aromatic carbocycles. The molecule has 0 bridgehead atoms. The van der Waals surface area contributed by atoms with Gasteiger partial charge in [0.15, 0.2) is 0 Å². The van der Waals surface area contributed by atoms with Crippen LogP contribution in [0.2, 0.25) is 0 Å². The molecule has 0 fully saturated rings. The Hall–Kier alpha value is -0.840. The molecule has 0 saturated carbocycles. The first kappa shape index (κ1) is 14.1. The topological polar surface area (TPSA) is 12.0 Å². The summed E-state index contributed by atoms with van der Waals surface area (Å²) in [5.41, 5.74) is 2.12. The van der Waals surface area contributed by atoms with Gasteiger partial charge < -0.3 is 5.32 Å². The molecule has 2 unspecified atom stereocenters. The van der Waals surface area contributed by atoms with Crippen molar-refractivity contribution in [2.45, 2.75) is 41.8 Å². The van der Waals surface area contributed by atoms with E-state index in [0.29, 0.717) is 11.3 Å². The molecule has 1 aromatic heterocycles. The van der Waals surface area contributed by atoms with E-state index in [2.05, 4.69) is 23.7 Å². The third kappa shape index (κ3) is 2.78. The molecule has 1 aliphatic heterocycles. The van der Waals surface area contributed by atoms with E-state index >= 15 is 0 Å². The lowest BCUT2D eigenvalue weighted by atomic mass is 10.0. The van der Waals surface area contributed by atoms with Crippen molar-refractivity contribution < 1.29 is 4.39 Å². The smallest absolute Gasteiger partial charge is 0.127 e. The van der Waals surface area contributed by atoms with Gasteiger partial charge >= 0.3 is 0 Å². The second-order valence-corrected chi connectivity index (χ2v) is 7.91. The van der Waals surface area contributed by atoms with Crippen LogP contribution < -0.4 is 5.32 Å². The van der Waals surface area contributed by atoms with E-state index in [-0.39, 0.29) is 11.9 Å². The van der Waals surface area contributed by atoms with E-state index in [1.165, 1.54) is 15.8 Å². The van der Waals surface area contributed by atoms with Gasteiger partial charge in [0, 0.05) is 22.9 Å². The van der Waals surface area contributed by atoms with Gasteiger partial charge in [0.1, 0.15) is 5.82 Å². The van der Waals surface area contributed by atoms with Gasteiger partial charge in [-0.25, -0.2) is 4.39 Å². The standard InChI is InChI=1S/C16H18FNS2/c1-10-9-15(13-7-8-19-16(13)20-10)18-11(2)12-5-3-4-6-14(12)17/h3-8,10-11,15,18H,9H2,1-2H3/t10-,11?,15?/m0/s1. The quantitative estimate of drug-likeness (QED) is 0.840. The summed E-state index contributed by atoms with van der Waals surface area (Å²) in [5.74, 6) is -0.128. The maximum absolute atomic E-state index is 13.9. The number of rotatable bonds is 3. The normalized spacial score (nSPS) is 23.4. The number of thiophene rings is 1. The lowest BCUT2D eigenvalue weighted by molar-refractivity contribution is 0.425. The summed E-state index contributed by atoms with van der Waals surface area (Å²) in [6.07, 6.45) is 1.09. The first-order valence-corrected chi connectivity index (χ1v) is 8.65. The molecule has 1 nitrogen and oxygen atoms in total. The number of hydrogen-bond donors (Lipinski definition) is 1. The summed E-state index contributed by atoms with van der Waals surface area (Å²) in [6.45, 7) is 4.30. The lowest BCUT2D eigenvalue weighted by Gasteiger charge is -2.30. The molecule has 2 heterocycles. The molecule has 20 heavy (non-hydrogen) atoms. The van der Waals surface area contributed by atoms with E-state index in [0.717, 1.165) is 12.0 Å². The fourth-order valence-corrected chi connectivity index (χ4v) is 5.29. The fourth-order valence-electron chi connectivity index (χ4n) is 2.72. The van der Waals surface area contributed by atoms with Crippen LogP contribution in [-0.2, 0) is 0 Å². The summed E-state index contributed by atoms with van der Waals surface area (Å²) >= 11 is 3.76. The zero-order valence-corrected chi connectivity index (χ0v) is 13.2. The average Bonchev–Trinajstić information content (AvgIpc) is 2.87. The van der Waals surface area contributed by atoms with Crippen LogP contribution in [0, 0.1) is 5.82 Å². The van der Waals surface area contributed by atoms with Gasteiger partial charge in [-0.1, -0.05) is 25.1 Å². The minimum atomic E-state index is -0.128. The van der Waals surface area contributed by atoms with Crippen LogP contribution >= 0.6 is 23.1 Å². The van der Waals surface area contributed by atoms with Crippen LogP contribution in [0.4, 0.5) is 4.39 Å². The van der Waals surface area contributed by atoms with Crippen molar-refractivity contribution >= 4 is 23.1 Å². The van der Waals surface area contributed by atoms with Crippen molar-refractivity contribution in [3.63, 3.8) is 0 Å². The molecule has 0 radical (unpaired) electrons. The SMILES string of the molecule is CC(NC1C[C@H](C)Sc2sccc21)c1ccccc1F. The third-order valence-electron chi connectivity index (χ3n) is 3.73. The van der Waals surface area contributed by atoms with Crippen molar-refractivity contribution in [2.75, 3.05) is 0 Å². The summed E-state index contributed by atoms with van der Waals surface area (Å²) in [6, 6.07) is 9.57. The lowest BCUT2D eigenvalue weighted by Crippen LogP contribution is -2.29. The molecular formula is C16H18FNS2. The highest BCUT2D eigenvalue weighted by Gasteiger charge is 2.27. The van der Waals surface area contributed by atoms with Gasteiger partial charge in [0.25, 0.3) is 0 Å². The molecule has 2 aromatic rings. The Kier molecular flexibility index (Phi) is 4.15. The maximum atomic E-state index is 13.9. The zero-order valence-electron chi connectivity index (χ0n) is 11.6. The van der Waals surface area contributed by atoms with E-state index in [4.69, 9.17) is 0 Å². The van der Waals surface area contributed by atoms with Crippen LogP contribution in [0.5, 0.6) is 0 Å². The third-order valence-corrected chi connectivity index (χ3v) is 6.08. The van der Waals surface area contributed by atoms with Gasteiger partial charge in [0.05, 0.1) is 4.21 Å². The summed E-state index contributed by atoms with van der Waals surface area (Å²) in [5, 5.41) is 6.36. The molecule has 0 amide bonds. The first-order chi connectivity index (χ1) is 9.65. The van der Waals surface area contributed by atoms with E-state index < -0.39 is 0 Å². The van der Waals surface area contributed by atoms with E-state index in [1.54, 1.807) is 6.07 Å². The Balaban J connectivity index is 1.80. The first-order valence-electron chi connectivity index (χ1n) is 6.89. The summed E-state index contributed by atoms with van der Waals surface area (Å²) in [7, 11) is 0. The van der Waals surface area contributed by atoms with Crippen molar-refractivity contribution in [1.82, 2.24) is 5.32 Å². The molecule has 1 aliphatic rings. The number of hydrogen-bond acceptors (Lipinski definition) is 3. The molecule has 106 valence electrons. The average molecular weight is 307 g/mol. The largest absolute Gasteiger partial charge is 0.303 e. The van der Waals surface area contributed by atoms with E-state index in [1.807, 2.05) is 42.2 Å². The number of halogens is 1. The molecule has 0 spiro atoms. The van der Waals surface area contributed by atoms with Crippen molar-refractivity contribution in [3.05, 3.63) is 52.7 Å². The highest BCUT2D eigenvalue weighted by molar-refractivity contribution is 8.01. The van der Waals surface area contributed by atoms with Gasteiger partial charge in [0.2, 0.25) is 0 Å². The van der Waals surface area contributed by atoms with E-state index in [9.17, 15) is 4.39 Å². The van der Waals surface area contributed by atoms with Gasteiger partial charge in [-0.2, -0.15) is 0 Å². The molecule has 1 N–H and O–H groups in total. The monoisotopic (exact) mass is 307 g/mol. The maximum Gasteiger partial charge on any atom is 0.127 e. The highest BCUT2D eigenvalue weighted by atomic mass is 32.2. The zero-order chi connectivity index (χ0) is 14.1. The number of nitrogens with one attached hydrogen (secondary N) is 1. The molecular weight excluding hydrogens is 289 g/mol. The minimum absolute atomic E-state index is 0.0178. The molecule has 3 rings (SSSR count). The highest BCUT2D eigenvalue weighted by Crippen LogP contribution is 2.44. The molecule has 0 saturated heterocycles. The predicted octanol–water partition coefficient (Wildman–Crippen LogP) is 5.16. The second kappa shape index (κ2) is 5.88. The van der Waals surface area contributed by atoms with Crippen molar-refractivity contribution in [3.8, 4) is 0 Å². The number of thioether (sulfide) groups is 1. The minimum Gasteiger partial charge on any atom is -0.303 e. The van der Waals surface area contributed by atoms with Crippen LogP contribution in [0.1, 0.15) is 43.5 Å². The van der Waals surface area contributed by atoms with Crippen molar-refractivity contribution in [1.29, 1.82) is 0 Å². The number of benzene rings is 1. The van der Waals surface area contributed by atoms with Gasteiger partial charge in [-0.05, 0) is 36.4 Å². The Morgan fingerprint density at radius 3 is 2.90 bits per heavy atom. The number of fused-ring (bicyclic) bond motifs is 1. The summed E-state index contributed by atoms with van der Waals surface area (Å²) < 4.78 is 15.3. The second-order valence-electron chi connectivity index (χ2n) is 5.29. The Morgan fingerprint density at radius 1 is 1.30 bits per heavy atom. The Morgan fingerprint density at radius 2 is 2.10 bits per heavy atom. The Bertz CT molecular complexity index is 596. The van der Waals surface area contributed by atoms with Gasteiger partial charge in [-0.3, -0.25) is 0 Å². The van der Waals surface area contributed by atoms with Gasteiger partial charge in [-0.15, -0.1) is 23.1 Å². The molecule has 4 heteroatoms. The molecule has 3 atom stereocenters.